The van der Waals surface area contributed by atoms with Crippen molar-refractivity contribution in [3.05, 3.63) is 66.6 Å². The van der Waals surface area contributed by atoms with Gasteiger partial charge in [0, 0.05) is 4.90 Å². The van der Waals surface area contributed by atoms with E-state index < -0.39 is 0 Å². The number of rotatable bonds is 8. The molecule has 0 spiro atoms. The Morgan fingerprint density at radius 3 is 2.57 bits per heavy atom. The minimum atomic E-state index is -0.0433. The van der Waals surface area contributed by atoms with Gasteiger partial charge in [-0.05, 0) is 54.6 Å². The van der Waals surface area contributed by atoms with Gasteiger partial charge in [0.25, 0.3) is 0 Å². The Bertz CT molecular complexity index is 1120. The topological polar surface area (TPSA) is 64.8 Å². The summed E-state index contributed by atoms with van der Waals surface area (Å²) in [7, 11) is 3.26. The zero-order valence-corrected chi connectivity index (χ0v) is 18.2. The molecule has 4 aromatic rings. The highest BCUT2D eigenvalue weighted by Crippen LogP contribution is 2.33. The predicted molar refractivity (Wildman–Crippen MR) is 120 cm³/mol. The molecule has 8 heteroatoms. The smallest absolute Gasteiger partial charge is 0.239 e. The van der Waals surface area contributed by atoms with E-state index in [-0.39, 0.29) is 11.7 Å². The van der Waals surface area contributed by atoms with Crippen LogP contribution in [-0.2, 0) is 11.3 Å². The van der Waals surface area contributed by atoms with Crippen LogP contribution < -0.4 is 14.4 Å². The molecule has 154 valence electrons. The molecule has 0 bridgehead atoms. The molecule has 6 nitrogen and oxygen atoms in total. The van der Waals surface area contributed by atoms with Crippen LogP contribution in [-0.4, -0.2) is 30.9 Å². The first kappa shape index (κ1) is 20.3. The van der Waals surface area contributed by atoms with Crippen molar-refractivity contribution in [3.63, 3.8) is 0 Å². The number of hydrogen-bond donors (Lipinski definition) is 0. The number of nitrogens with zero attached hydrogens (tertiary/aromatic N) is 2. The molecular formula is C22H20N2O4S2. The highest BCUT2D eigenvalue weighted by molar-refractivity contribution is 8.00. The summed E-state index contributed by atoms with van der Waals surface area (Å²) in [4.78, 5) is 20.5. The number of hydrogen-bond acceptors (Lipinski definition) is 7. The van der Waals surface area contributed by atoms with E-state index in [1.54, 1.807) is 25.4 Å². The number of benzene rings is 2. The Labute approximate surface area is 182 Å². The average molecular weight is 441 g/mol. The van der Waals surface area contributed by atoms with Crippen molar-refractivity contribution in [2.45, 2.75) is 11.4 Å². The summed E-state index contributed by atoms with van der Waals surface area (Å²) in [6.07, 6.45) is 1.60. The highest BCUT2D eigenvalue weighted by atomic mass is 32.2. The average Bonchev–Trinajstić information content (AvgIpc) is 3.45. The number of methoxy groups -OCH3 is 2. The molecule has 2 heterocycles. The van der Waals surface area contributed by atoms with Crippen molar-refractivity contribution in [1.82, 2.24) is 4.98 Å². The van der Waals surface area contributed by atoms with Crippen LogP contribution in [0.2, 0.25) is 0 Å². The predicted octanol–water partition coefficient (Wildman–Crippen LogP) is 5.23. The van der Waals surface area contributed by atoms with Gasteiger partial charge in [0.2, 0.25) is 5.91 Å². The second kappa shape index (κ2) is 9.23. The maximum atomic E-state index is 13.1. The first-order valence-corrected chi connectivity index (χ1v) is 11.0. The Morgan fingerprint density at radius 2 is 1.87 bits per heavy atom. The fourth-order valence-electron chi connectivity index (χ4n) is 2.85. The van der Waals surface area contributed by atoms with Gasteiger partial charge in [0.15, 0.2) is 5.13 Å². The maximum absolute atomic E-state index is 13.1. The minimum Gasteiger partial charge on any atom is -0.497 e. The van der Waals surface area contributed by atoms with E-state index in [0.29, 0.717) is 17.4 Å². The largest absolute Gasteiger partial charge is 0.497 e. The third-order valence-electron chi connectivity index (χ3n) is 4.43. The summed E-state index contributed by atoms with van der Waals surface area (Å²) in [5, 5.41) is 0.634. The van der Waals surface area contributed by atoms with Gasteiger partial charge in [-0.15, -0.1) is 11.8 Å². The first-order valence-electron chi connectivity index (χ1n) is 9.20. The molecule has 0 saturated heterocycles. The summed E-state index contributed by atoms with van der Waals surface area (Å²) < 4.78 is 16.9. The van der Waals surface area contributed by atoms with Gasteiger partial charge < -0.3 is 13.9 Å². The van der Waals surface area contributed by atoms with E-state index in [0.717, 1.165) is 26.6 Å². The zero-order valence-electron chi connectivity index (χ0n) is 16.5. The number of anilines is 1. The number of fused-ring (bicyclic) bond motifs is 1. The number of carbonyl (C=O) groups is 1. The monoisotopic (exact) mass is 440 g/mol. The van der Waals surface area contributed by atoms with Crippen LogP contribution in [0.1, 0.15) is 5.76 Å². The normalized spacial score (nSPS) is 10.9. The fraction of sp³-hybridized carbons (Fsp3) is 0.182. The lowest BCUT2D eigenvalue weighted by atomic mass is 10.3. The molecule has 0 aliphatic heterocycles. The van der Waals surface area contributed by atoms with Crippen LogP contribution in [0.3, 0.4) is 0 Å². The number of thiazole rings is 1. The summed E-state index contributed by atoms with van der Waals surface area (Å²) in [5.74, 6) is 2.49. The molecule has 0 radical (unpaired) electrons. The van der Waals surface area contributed by atoms with Crippen molar-refractivity contribution >= 4 is 44.4 Å². The van der Waals surface area contributed by atoms with E-state index in [1.165, 1.54) is 23.1 Å². The third kappa shape index (κ3) is 4.60. The van der Waals surface area contributed by atoms with E-state index in [9.17, 15) is 4.79 Å². The van der Waals surface area contributed by atoms with Crippen molar-refractivity contribution < 1.29 is 18.7 Å². The number of ether oxygens (including phenoxy) is 2. The van der Waals surface area contributed by atoms with Gasteiger partial charge in [-0.3, -0.25) is 9.69 Å². The molecule has 0 atom stereocenters. The molecule has 0 aliphatic rings. The number of amides is 1. The SMILES string of the molecule is COc1ccc(SCC(=O)N(Cc2ccco2)c2nc3ccc(OC)cc3s2)cc1. The maximum Gasteiger partial charge on any atom is 0.239 e. The lowest BCUT2D eigenvalue weighted by Crippen LogP contribution is -2.31. The first-order chi connectivity index (χ1) is 14.7. The van der Waals surface area contributed by atoms with Gasteiger partial charge in [-0.1, -0.05) is 11.3 Å². The summed E-state index contributed by atoms with van der Waals surface area (Å²) in [5.41, 5.74) is 0.829. The van der Waals surface area contributed by atoms with Gasteiger partial charge in [0.05, 0.1) is 43.0 Å². The third-order valence-corrected chi connectivity index (χ3v) is 6.47. The van der Waals surface area contributed by atoms with Crippen LogP contribution in [0.25, 0.3) is 10.2 Å². The van der Waals surface area contributed by atoms with Gasteiger partial charge in [-0.2, -0.15) is 0 Å². The molecule has 0 N–H and O–H groups in total. The Morgan fingerprint density at radius 1 is 1.10 bits per heavy atom. The number of furan rings is 1. The number of aromatic nitrogens is 1. The zero-order chi connectivity index (χ0) is 20.9. The lowest BCUT2D eigenvalue weighted by molar-refractivity contribution is -0.116. The molecular weight excluding hydrogens is 420 g/mol. The van der Waals surface area contributed by atoms with E-state index >= 15 is 0 Å². The molecule has 2 aromatic carbocycles. The van der Waals surface area contributed by atoms with Crippen molar-refractivity contribution in [1.29, 1.82) is 0 Å². The molecule has 0 saturated carbocycles. The quantitative estimate of drug-likeness (QED) is 0.350. The van der Waals surface area contributed by atoms with E-state index in [4.69, 9.17) is 13.9 Å². The number of thioether (sulfide) groups is 1. The fourth-order valence-corrected chi connectivity index (χ4v) is 4.64. The molecule has 1 amide bonds. The van der Waals surface area contributed by atoms with Crippen molar-refractivity contribution in [2.24, 2.45) is 0 Å². The Balaban J connectivity index is 1.56. The van der Waals surface area contributed by atoms with Gasteiger partial charge in [-0.25, -0.2) is 4.98 Å². The molecule has 0 unspecified atom stereocenters. The van der Waals surface area contributed by atoms with Crippen molar-refractivity contribution in [2.75, 3.05) is 24.9 Å². The molecule has 4 rings (SSSR count). The Hall–Kier alpha value is -2.97. The highest BCUT2D eigenvalue weighted by Gasteiger charge is 2.21. The standard InChI is InChI=1S/C22H20N2O4S2/c1-26-15-5-8-18(9-6-15)29-14-21(25)24(13-17-4-3-11-28-17)22-23-19-10-7-16(27-2)12-20(19)30-22/h3-12H,13-14H2,1-2H3. The second-order valence-electron chi connectivity index (χ2n) is 6.35. The van der Waals surface area contributed by atoms with Crippen LogP contribution in [0.4, 0.5) is 5.13 Å². The summed E-state index contributed by atoms with van der Waals surface area (Å²) in [6.45, 7) is 0.325. The lowest BCUT2D eigenvalue weighted by Gasteiger charge is -2.18. The van der Waals surface area contributed by atoms with Crippen LogP contribution >= 0.6 is 23.1 Å². The van der Waals surface area contributed by atoms with Gasteiger partial charge in [0.1, 0.15) is 17.3 Å². The van der Waals surface area contributed by atoms with Crippen LogP contribution in [0, 0.1) is 0 Å². The van der Waals surface area contributed by atoms with E-state index in [1.807, 2.05) is 54.6 Å². The molecule has 30 heavy (non-hydrogen) atoms. The van der Waals surface area contributed by atoms with Crippen LogP contribution in [0.15, 0.2) is 70.2 Å². The molecule has 0 fully saturated rings. The van der Waals surface area contributed by atoms with E-state index in [2.05, 4.69) is 4.98 Å². The second-order valence-corrected chi connectivity index (χ2v) is 8.41. The van der Waals surface area contributed by atoms with Crippen LogP contribution in [0.5, 0.6) is 11.5 Å². The molecule has 0 aliphatic carbocycles. The van der Waals surface area contributed by atoms with Crippen molar-refractivity contribution in [3.8, 4) is 11.5 Å². The van der Waals surface area contributed by atoms with Gasteiger partial charge >= 0.3 is 0 Å². The summed E-state index contributed by atoms with van der Waals surface area (Å²) in [6, 6.07) is 17.0. The molecule has 2 aromatic heterocycles. The number of carbonyl (C=O) groups excluding carboxylic acids is 1. The minimum absolute atomic E-state index is 0.0433. The summed E-state index contributed by atoms with van der Waals surface area (Å²) >= 11 is 2.93. The Kier molecular flexibility index (Phi) is 6.25.